The van der Waals surface area contributed by atoms with Gasteiger partial charge in [0.15, 0.2) is 12.2 Å². The van der Waals surface area contributed by atoms with Gasteiger partial charge < -0.3 is 31.1 Å². The fourth-order valence-corrected chi connectivity index (χ4v) is 4.96. The first-order chi connectivity index (χ1) is 18.3. The van der Waals surface area contributed by atoms with Gasteiger partial charge in [0.05, 0.1) is 10.7 Å². The molecule has 0 bridgehead atoms. The number of aliphatic hydroxyl groups is 2. The maximum absolute atomic E-state index is 9.77. The quantitative estimate of drug-likeness (QED) is 0.292. The predicted molar refractivity (Wildman–Crippen MR) is 148 cm³/mol. The third kappa shape index (κ3) is 8.84. The molecule has 9 heteroatoms. The molecule has 2 aliphatic rings. The minimum absolute atomic E-state index is 0.778. The molecule has 38 heavy (non-hydrogen) atoms. The van der Waals surface area contributed by atoms with Crippen molar-refractivity contribution < 1.29 is 30.0 Å². The van der Waals surface area contributed by atoms with Crippen LogP contribution in [-0.2, 0) is 29.0 Å². The van der Waals surface area contributed by atoms with Crippen molar-refractivity contribution in [3.05, 3.63) is 69.8 Å². The average Bonchev–Trinajstić information content (AvgIpc) is 3.18. The van der Waals surface area contributed by atoms with Gasteiger partial charge in [-0.3, -0.25) is 0 Å². The van der Waals surface area contributed by atoms with Crippen molar-refractivity contribution >= 4 is 35.3 Å². The number of carboxylic acid groups (broad SMARTS) is 2. The van der Waals surface area contributed by atoms with Crippen molar-refractivity contribution in [3.8, 4) is 0 Å². The van der Waals surface area contributed by atoms with Crippen LogP contribution in [0.2, 0.25) is 5.02 Å². The molecular formula is C29H37ClN2O6. The van der Waals surface area contributed by atoms with Crippen LogP contribution >= 0.6 is 11.6 Å². The molecule has 206 valence electrons. The van der Waals surface area contributed by atoms with Crippen molar-refractivity contribution in [3.63, 3.8) is 0 Å². The van der Waals surface area contributed by atoms with E-state index in [1.54, 1.807) is 0 Å². The van der Waals surface area contributed by atoms with E-state index in [1.165, 1.54) is 54.4 Å². The largest absolute Gasteiger partial charge is 0.479 e. The van der Waals surface area contributed by atoms with E-state index in [2.05, 4.69) is 53.1 Å². The normalized spacial score (nSPS) is 17.4. The molecule has 1 aliphatic carbocycles. The fraction of sp³-hybridized carbons (Fsp3) is 0.448. The predicted octanol–water partition coefficient (Wildman–Crippen LogP) is 4.11. The number of fused-ring (bicyclic) bond motifs is 1. The highest BCUT2D eigenvalue weighted by Gasteiger charge is 2.29. The zero-order valence-corrected chi connectivity index (χ0v) is 22.2. The highest BCUT2D eigenvalue weighted by Crippen LogP contribution is 2.31. The molecule has 0 aromatic heterocycles. The third-order valence-corrected chi connectivity index (χ3v) is 7.26. The molecule has 0 radical (unpaired) electrons. The molecule has 1 saturated carbocycles. The third-order valence-electron chi connectivity index (χ3n) is 6.95. The van der Waals surface area contributed by atoms with Gasteiger partial charge in [-0.05, 0) is 73.0 Å². The molecule has 0 spiro atoms. The number of halogens is 1. The van der Waals surface area contributed by atoms with Gasteiger partial charge in [-0.15, -0.1) is 0 Å². The Labute approximate surface area is 228 Å². The number of nitrogens with one attached hydrogen (secondary N) is 2. The van der Waals surface area contributed by atoms with Crippen molar-refractivity contribution in [2.75, 3.05) is 18.4 Å². The lowest BCUT2D eigenvalue weighted by Crippen LogP contribution is -2.39. The molecule has 1 heterocycles. The lowest BCUT2D eigenvalue weighted by atomic mass is 9.89. The van der Waals surface area contributed by atoms with Gasteiger partial charge in [-0.1, -0.05) is 73.3 Å². The number of aliphatic hydroxyl groups excluding tert-OH is 2. The summed E-state index contributed by atoms with van der Waals surface area (Å²) in [5, 5.41) is 40.4. The lowest BCUT2D eigenvalue weighted by molar-refractivity contribution is -0.165. The molecule has 6 N–H and O–H groups in total. The Balaban J connectivity index is 0.000000342. The van der Waals surface area contributed by atoms with Crippen LogP contribution < -0.4 is 10.6 Å². The first kappa shape index (κ1) is 29.6. The Morgan fingerprint density at radius 3 is 2.21 bits per heavy atom. The minimum Gasteiger partial charge on any atom is -0.479 e. The summed E-state index contributed by atoms with van der Waals surface area (Å²) in [7, 11) is 0. The zero-order chi connectivity index (χ0) is 27.5. The summed E-state index contributed by atoms with van der Waals surface area (Å²) in [6.07, 6.45) is 9.20. The van der Waals surface area contributed by atoms with Crippen molar-refractivity contribution in [1.82, 2.24) is 5.32 Å². The smallest absolute Gasteiger partial charge is 0.335 e. The number of allylic oxidation sites excluding steroid dienone is 1. The number of rotatable bonds is 8. The molecule has 8 nitrogen and oxygen atoms in total. The maximum atomic E-state index is 9.77. The van der Waals surface area contributed by atoms with E-state index in [4.69, 9.17) is 32.0 Å². The van der Waals surface area contributed by atoms with Crippen molar-refractivity contribution in [2.24, 2.45) is 5.92 Å². The number of hydrogen-bond acceptors (Lipinski definition) is 6. The number of carbonyl (C=O) groups is 2. The van der Waals surface area contributed by atoms with Crippen LogP contribution in [0.5, 0.6) is 0 Å². The molecule has 0 amide bonds. The molecule has 2 aromatic rings. The minimum atomic E-state index is -2.27. The van der Waals surface area contributed by atoms with Gasteiger partial charge in [-0.2, -0.15) is 0 Å². The van der Waals surface area contributed by atoms with Gasteiger partial charge in [0.1, 0.15) is 0 Å². The van der Waals surface area contributed by atoms with Crippen LogP contribution in [0.1, 0.15) is 54.4 Å². The first-order valence-electron chi connectivity index (χ1n) is 13.1. The van der Waals surface area contributed by atoms with E-state index in [9.17, 15) is 9.59 Å². The maximum Gasteiger partial charge on any atom is 0.335 e. The molecule has 0 saturated heterocycles. The van der Waals surface area contributed by atoms with Gasteiger partial charge in [0.25, 0.3) is 0 Å². The summed E-state index contributed by atoms with van der Waals surface area (Å²) in [6.45, 7) is 2.87. The van der Waals surface area contributed by atoms with E-state index in [1.807, 2.05) is 6.07 Å². The molecule has 2 atom stereocenters. The molecule has 2 aromatic carbocycles. The lowest BCUT2D eigenvalue weighted by Gasteiger charge is -2.17. The summed E-state index contributed by atoms with van der Waals surface area (Å²) in [5.74, 6) is -2.76. The van der Waals surface area contributed by atoms with Crippen LogP contribution in [0.15, 0.2) is 42.5 Å². The molecule has 1 aliphatic heterocycles. The number of aliphatic carboxylic acids is 2. The first-order valence-corrected chi connectivity index (χ1v) is 13.5. The van der Waals surface area contributed by atoms with Crippen LogP contribution in [0.3, 0.4) is 0 Å². The second kappa shape index (κ2) is 14.9. The van der Waals surface area contributed by atoms with Crippen LogP contribution in [0.4, 0.5) is 5.69 Å². The van der Waals surface area contributed by atoms with E-state index in [0.29, 0.717) is 0 Å². The summed E-state index contributed by atoms with van der Waals surface area (Å²) in [5.41, 5.74) is 6.50. The Morgan fingerprint density at radius 2 is 1.58 bits per heavy atom. The Kier molecular flexibility index (Phi) is 11.6. The Bertz CT molecular complexity index is 1080. The number of benzene rings is 2. The fourth-order valence-electron chi connectivity index (χ4n) is 4.72. The molecule has 2 unspecified atom stereocenters. The Hall–Kier alpha value is -2.91. The van der Waals surface area contributed by atoms with Crippen LogP contribution in [0.25, 0.3) is 6.08 Å². The van der Waals surface area contributed by atoms with Gasteiger partial charge in [-0.25, -0.2) is 9.59 Å². The second-order valence-electron chi connectivity index (χ2n) is 9.73. The van der Waals surface area contributed by atoms with Gasteiger partial charge in [0, 0.05) is 6.54 Å². The van der Waals surface area contributed by atoms with E-state index >= 15 is 0 Å². The highest BCUT2D eigenvalue weighted by molar-refractivity contribution is 6.33. The van der Waals surface area contributed by atoms with E-state index in [-0.39, 0.29) is 0 Å². The number of hydrogen-bond donors (Lipinski definition) is 6. The monoisotopic (exact) mass is 544 g/mol. The average molecular weight is 545 g/mol. The number of carboxylic acids is 2. The summed E-state index contributed by atoms with van der Waals surface area (Å²) in [4.78, 5) is 19.5. The summed E-state index contributed by atoms with van der Waals surface area (Å²) < 4.78 is 0. The van der Waals surface area contributed by atoms with Crippen molar-refractivity contribution in [1.29, 1.82) is 0 Å². The second-order valence-corrected chi connectivity index (χ2v) is 10.1. The van der Waals surface area contributed by atoms with E-state index in [0.717, 1.165) is 49.1 Å². The van der Waals surface area contributed by atoms with Crippen LogP contribution in [-0.4, -0.2) is 57.7 Å². The topological polar surface area (TPSA) is 139 Å². The van der Waals surface area contributed by atoms with Crippen molar-refractivity contribution in [2.45, 2.75) is 63.7 Å². The molecular weight excluding hydrogens is 508 g/mol. The summed E-state index contributed by atoms with van der Waals surface area (Å²) >= 11 is 6.53. The van der Waals surface area contributed by atoms with Gasteiger partial charge in [0.2, 0.25) is 0 Å². The Morgan fingerprint density at radius 1 is 0.947 bits per heavy atom. The highest BCUT2D eigenvalue weighted by atomic mass is 35.5. The summed E-state index contributed by atoms with van der Waals surface area (Å²) in [6, 6.07) is 13.1. The van der Waals surface area contributed by atoms with Gasteiger partial charge >= 0.3 is 11.9 Å². The van der Waals surface area contributed by atoms with E-state index < -0.39 is 24.1 Å². The molecule has 1 fully saturated rings. The number of anilines is 1. The van der Waals surface area contributed by atoms with Crippen LogP contribution in [0, 0.1) is 5.92 Å². The molecule has 4 rings (SSSR count). The SMILES string of the molecule is Clc1ccc2c(c1NCc1ccc(/C=C\C3CCCCC3)cc1)CCNCC2.O=C(O)C(O)C(O)C(=O)O. The zero-order valence-electron chi connectivity index (χ0n) is 21.4. The standard InChI is InChI=1S/C25H31ClN2.C4H6O6/c26-24-13-12-22-14-16-27-17-15-23(22)25(24)28-18-21-10-8-20(9-11-21)7-6-19-4-2-1-3-5-19;5-1(3(7)8)2(6)4(9)10/h6-13,19,27-28H,1-5,14-18H2;1-2,5-6H,(H,7,8)(H,9,10)/b7-6-;.